The largest absolute Gasteiger partial charge is 0.371 e. The van der Waals surface area contributed by atoms with E-state index in [1.807, 2.05) is 18.2 Å². The number of benzene rings is 1. The summed E-state index contributed by atoms with van der Waals surface area (Å²) in [7, 11) is 0. The maximum atomic E-state index is 14.3. The number of pyridine rings is 1. The van der Waals surface area contributed by atoms with Crippen molar-refractivity contribution >= 4 is 11.6 Å². The van der Waals surface area contributed by atoms with Gasteiger partial charge in [0.2, 0.25) is 5.95 Å². The molecule has 1 aromatic carbocycles. The Morgan fingerprint density at radius 2 is 2.12 bits per heavy atom. The summed E-state index contributed by atoms with van der Waals surface area (Å²) in [5.41, 5.74) is 2.49. The molecule has 1 amide bonds. The van der Waals surface area contributed by atoms with Crippen molar-refractivity contribution in [3.05, 3.63) is 71.4 Å². The zero-order chi connectivity index (χ0) is 16.5. The van der Waals surface area contributed by atoms with Crippen LogP contribution in [0.15, 0.2) is 48.7 Å². The van der Waals surface area contributed by atoms with Gasteiger partial charge in [-0.05, 0) is 29.7 Å². The van der Waals surface area contributed by atoms with Crippen molar-refractivity contribution in [2.45, 2.75) is 12.5 Å². The Morgan fingerprint density at radius 1 is 1.29 bits per heavy atom. The molecule has 3 aromatic rings. The SMILES string of the molecule is O=C(NC[C@H]1OCCc2ccccc21)c1nc2ccccn2c1F. The topological polar surface area (TPSA) is 55.6 Å². The summed E-state index contributed by atoms with van der Waals surface area (Å²) in [5, 5.41) is 2.73. The molecule has 2 aromatic heterocycles. The third-order valence-corrected chi connectivity index (χ3v) is 4.23. The summed E-state index contributed by atoms with van der Waals surface area (Å²) in [5.74, 6) is -1.20. The minimum atomic E-state index is -0.659. The Balaban J connectivity index is 1.52. The van der Waals surface area contributed by atoms with E-state index in [1.54, 1.807) is 18.2 Å². The second kappa shape index (κ2) is 6.05. The maximum Gasteiger partial charge on any atom is 0.274 e. The average molecular weight is 325 g/mol. The predicted molar refractivity (Wildman–Crippen MR) is 86.3 cm³/mol. The van der Waals surface area contributed by atoms with Crippen LogP contribution in [-0.4, -0.2) is 28.4 Å². The number of rotatable bonds is 3. The van der Waals surface area contributed by atoms with Crippen LogP contribution in [0.25, 0.3) is 5.65 Å². The number of aromatic nitrogens is 2. The fourth-order valence-corrected chi connectivity index (χ4v) is 3.03. The molecule has 3 heterocycles. The second-order valence-corrected chi connectivity index (χ2v) is 5.70. The highest BCUT2D eigenvalue weighted by molar-refractivity contribution is 5.93. The van der Waals surface area contributed by atoms with E-state index in [9.17, 15) is 9.18 Å². The van der Waals surface area contributed by atoms with E-state index in [4.69, 9.17) is 4.74 Å². The van der Waals surface area contributed by atoms with Crippen LogP contribution in [0, 0.1) is 5.95 Å². The lowest BCUT2D eigenvalue weighted by atomic mass is 9.97. The number of fused-ring (bicyclic) bond motifs is 2. The number of ether oxygens (including phenoxy) is 1. The Bertz CT molecular complexity index is 906. The van der Waals surface area contributed by atoms with Gasteiger partial charge in [-0.15, -0.1) is 0 Å². The molecule has 0 unspecified atom stereocenters. The van der Waals surface area contributed by atoms with E-state index >= 15 is 0 Å². The van der Waals surface area contributed by atoms with Crippen LogP contribution in [0.1, 0.15) is 27.7 Å². The molecular weight excluding hydrogens is 309 g/mol. The first-order chi connectivity index (χ1) is 11.7. The van der Waals surface area contributed by atoms with Gasteiger partial charge in [0.05, 0.1) is 6.61 Å². The molecule has 0 spiro atoms. The number of nitrogens with zero attached hydrogens (tertiary/aromatic N) is 2. The summed E-state index contributed by atoms with van der Waals surface area (Å²) < 4.78 is 21.3. The van der Waals surface area contributed by atoms with E-state index < -0.39 is 11.9 Å². The van der Waals surface area contributed by atoms with E-state index in [1.165, 1.54) is 16.2 Å². The van der Waals surface area contributed by atoms with Crippen molar-refractivity contribution in [1.29, 1.82) is 0 Å². The van der Waals surface area contributed by atoms with Gasteiger partial charge in [-0.2, -0.15) is 4.39 Å². The molecule has 4 rings (SSSR count). The first kappa shape index (κ1) is 14.8. The number of carbonyl (C=O) groups is 1. The smallest absolute Gasteiger partial charge is 0.274 e. The van der Waals surface area contributed by atoms with Crippen molar-refractivity contribution < 1.29 is 13.9 Å². The predicted octanol–water partition coefficient (Wildman–Crippen LogP) is 2.52. The Hall–Kier alpha value is -2.73. The van der Waals surface area contributed by atoms with E-state index in [2.05, 4.69) is 16.4 Å². The van der Waals surface area contributed by atoms with Crippen LogP contribution < -0.4 is 5.32 Å². The molecule has 24 heavy (non-hydrogen) atoms. The fraction of sp³-hybridized carbons (Fsp3) is 0.222. The van der Waals surface area contributed by atoms with Crippen LogP contribution in [-0.2, 0) is 11.2 Å². The molecule has 0 saturated heterocycles. The van der Waals surface area contributed by atoms with Crippen molar-refractivity contribution in [1.82, 2.24) is 14.7 Å². The van der Waals surface area contributed by atoms with Gasteiger partial charge in [0.1, 0.15) is 11.8 Å². The van der Waals surface area contributed by atoms with Crippen LogP contribution >= 0.6 is 0 Å². The normalized spacial score (nSPS) is 16.8. The molecule has 0 radical (unpaired) electrons. The third kappa shape index (κ3) is 2.55. The van der Waals surface area contributed by atoms with Crippen LogP contribution in [0.2, 0.25) is 0 Å². The van der Waals surface area contributed by atoms with Crippen molar-refractivity contribution in [3.8, 4) is 0 Å². The van der Waals surface area contributed by atoms with Gasteiger partial charge in [-0.3, -0.25) is 9.20 Å². The molecular formula is C18H16FN3O2. The number of nitrogens with one attached hydrogen (secondary N) is 1. The monoisotopic (exact) mass is 325 g/mol. The summed E-state index contributed by atoms with van der Waals surface area (Å²) in [6, 6.07) is 13.1. The Kier molecular flexibility index (Phi) is 3.74. The van der Waals surface area contributed by atoms with Gasteiger partial charge in [-0.25, -0.2) is 4.98 Å². The lowest BCUT2D eigenvalue weighted by molar-refractivity contribution is 0.0410. The highest BCUT2D eigenvalue weighted by Crippen LogP contribution is 2.26. The fourth-order valence-electron chi connectivity index (χ4n) is 3.03. The first-order valence-electron chi connectivity index (χ1n) is 7.84. The molecule has 1 atom stereocenters. The Labute approximate surface area is 138 Å². The van der Waals surface area contributed by atoms with Gasteiger partial charge < -0.3 is 10.1 Å². The quantitative estimate of drug-likeness (QED) is 0.805. The molecule has 0 bridgehead atoms. The molecule has 0 aliphatic carbocycles. The number of hydrogen-bond donors (Lipinski definition) is 1. The van der Waals surface area contributed by atoms with E-state index in [0.717, 1.165) is 12.0 Å². The highest BCUT2D eigenvalue weighted by atomic mass is 19.1. The number of amides is 1. The van der Waals surface area contributed by atoms with E-state index in [0.29, 0.717) is 12.3 Å². The lowest BCUT2D eigenvalue weighted by Gasteiger charge is -2.26. The highest BCUT2D eigenvalue weighted by Gasteiger charge is 2.23. The summed E-state index contributed by atoms with van der Waals surface area (Å²) in [4.78, 5) is 16.4. The van der Waals surface area contributed by atoms with Gasteiger partial charge in [0, 0.05) is 12.7 Å². The summed E-state index contributed by atoms with van der Waals surface area (Å²) >= 11 is 0. The molecule has 1 aliphatic heterocycles. The molecule has 6 heteroatoms. The van der Waals surface area contributed by atoms with Crippen molar-refractivity contribution in [3.63, 3.8) is 0 Å². The second-order valence-electron chi connectivity index (χ2n) is 5.70. The number of hydrogen-bond acceptors (Lipinski definition) is 3. The lowest BCUT2D eigenvalue weighted by Crippen LogP contribution is -2.32. The number of carbonyl (C=O) groups excluding carboxylic acids is 1. The van der Waals surface area contributed by atoms with Crippen molar-refractivity contribution in [2.75, 3.05) is 13.2 Å². The summed E-state index contributed by atoms with van der Waals surface area (Å²) in [6.45, 7) is 0.892. The minimum absolute atomic E-state index is 0.203. The van der Waals surface area contributed by atoms with Crippen LogP contribution in [0.3, 0.4) is 0 Å². The van der Waals surface area contributed by atoms with Crippen LogP contribution in [0.4, 0.5) is 4.39 Å². The number of halogens is 1. The van der Waals surface area contributed by atoms with Crippen molar-refractivity contribution in [2.24, 2.45) is 0 Å². The Morgan fingerprint density at radius 3 is 3.00 bits per heavy atom. The van der Waals surface area contributed by atoms with Crippen LogP contribution in [0.5, 0.6) is 0 Å². The summed E-state index contributed by atoms with van der Waals surface area (Å²) in [6.07, 6.45) is 2.18. The molecule has 5 nitrogen and oxygen atoms in total. The molecule has 0 saturated carbocycles. The number of imidazole rings is 1. The van der Waals surface area contributed by atoms with Gasteiger partial charge >= 0.3 is 0 Å². The van der Waals surface area contributed by atoms with Gasteiger partial charge in [-0.1, -0.05) is 30.3 Å². The van der Waals surface area contributed by atoms with Gasteiger partial charge in [0.25, 0.3) is 5.91 Å². The molecule has 1 aliphatic rings. The minimum Gasteiger partial charge on any atom is -0.371 e. The third-order valence-electron chi connectivity index (χ3n) is 4.23. The molecule has 0 fully saturated rings. The van der Waals surface area contributed by atoms with Gasteiger partial charge in [0.15, 0.2) is 5.69 Å². The zero-order valence-corrected chi connectivity index (χ0v) is 12.9. The zero-order valence-electron chi connectivity index (χ0n) is 12.9. The first-order valence-corrected chi connectivity index (χ1v) is 7.84. The average Bonchev–Trinajstić information content (AvgIpc) is 2.97. The van der Waals surface area contributed by atoms with E-state index in [-0.39, 0.29) is 18.3 Å². The molecule has 122 valence electrons. The molecule has 1 N–H and O–H groups in total. The standard InChI is InChI=1S/C18H16FN3O2/c19-17-16(21-15-7-3-4-9-22(15)17)18(23)20-11-14-13-6-2-1-5-12(13)8-10-24-14/h1-7,9,14H,8,10-11H2,(H,20,23)/t14-/m1/s1. The maximum absolute atomic E-state index is 14.3.